The van der Waals surface area contributed by atoms with E-state index in [4.69, 9.17) is 4.74 Å². The summed E-state index contributed by atoms with van der Waals surface area (Å²) in [4.78, 5) is 11.6. The molecule has 2 rings (SSSR count). The van der Waals surface area contributed by atoms with Crippen molar-refractivity contribution in [3.05, 3.63) is 35.4 Å². The first-order valence-corrected chi connectivity index (χ1v) is 6.22. The summed E-state index contributed by atoms with van der Waals surface area (Å²) < 4.78 is 4.97. The molecule has 1 aromatic rings. The third kappa shape index (κ3) is 2.54. The van der Waals surface area contributed by atoms with Crippen LogP contribution in [0.2, 0.25) is 0 Å². The van der Waals surface area contributed by atoms with E-state index in [-0.39, 0.29) is 0 Å². The van der Waals surface area contributed by atoms with Crippen molar-refractivity contribution in [1.29, 1.82) is 0 Å². The van der Waals surface area contributed by atoms with Gasteiger partial charge in [-0.25, -0.2) is 0 Å². The van der Waals surface area contributed by atoms with Crippen LogP contribution in [0.1, 0.15) is 17.5 Å². The smallest absolute Gasteiger partial charge is 0.324 e. The number of hydrogen-bond acceptors (Lipinski definition) is 3. The fraction of sp³-hybridized carbons (Fsp3) is 0.500. The second kappa shape index (κ2) is 5.50. The average Bonchev–Trinajstić information content (AvgIpc) is 2.74. The van der Waals surface area contributed by atoms with Crippen molar-refractivity contribution in [2.75, 3.05) is 20.3 Å². The predicted molar refractivity (Wildman–Crippen MR) is 68.7 cm³/mol. The fourth-order valence-electron chi connectivity index (χ4n) is 2.51. The molecule has 0 spiro atoms. The summed E-state index contributed by atoms with van der Waals surface area (Å²) in [6.45, 7) is 1.31. The molecule has 0 amide bonds. The lowest BCUT2D eigenvalue weighted by atomic mass is 9.95. The van der Waals surface area contributed by atoms with Crippen molar-refractivity contribution in [2.24, 2.45) is 0 Å². The summed E-state index contributed by atoms with van der Waals surface area (Å²) in [6, 6.07) is 7.94. The summed E-state index contributed by atoms with van der Waals surface area (Å²) in [5.74, 6) is -0.767. The molecule has 18 heavy (non-hydrogen) atoms. The maximum Gasteiger partial charge on any atom is 0.324 e. The molecule has 1 aliphatic rings. The minimum Gasteiger partial charge on any atom is -0.480 e. The van der Waals surface area contributed by atoms with Crippen molar-refractivity contribution in [3.63, 3.8) is 0 Å². The first kappa shape index (κ1) is 13.1. The number of carbonyl (C=O) groups is 1. The van der Waals surface area contributed by atoms with Gasteiger partial charge < -0.3 is 15.2 Å². The van der Waals surface area contributed by atoms with Gasteiger partial charge in [0.05, 0.1) is 0 Å². The van der Waals surface area contributed by atoms with Crippen LogP contribution >= 0.6 is 0 Å². The van der Waals surface area contributed by atoms with Crippen LogP contribution in [-0.4, -0.2) is 36.9 Å². The lowest BCUT2D eigenvalue weighted by Crippen LogP contribution is -2.53. The maximum atomic E-state index is 11.6. The van der Waals surface area contributed by atoms with Crippen molar-refractivity contribution < 1.29 is 14.6 Å². The molecule has 0 radical (unpaired) electrons. The van der Waals surface area contributed by atoms with Crippen molar-refractivity contribution >= 4 is 5.97 Å². The highest BCUT2D eigenvalue weighted by Gasteiger charge is 2.43. The van der Waals surface area contributed by atoms with E-state index in [9.17, 15) is 9.90 Å². The number of methoxy groups -OCH3 is 1. The Morgan fingerprint density at radius 1 is 1.39 bits per heavy atom. The van der Waals surface area contributed by atoms with Crippen LogP contribution in [0.25, 0.3) is 0 Å². The number of hydrogen-bond donors (Lipinski definition) is 2. The Morgan fingerprint density at radius 3 is 2.50 bits per heavy atom. The Morgan fingerprint density at radius 2 is 2.00 bits per heavy atom. The number of benzene rings is 1. The SMILES string of the molecule is COCCCNC1(C(=O)O)Cc2ccccc2C1. The zero-order valence-electron chi connectivity index (χ0n) is 10.6. The standard InChI is InChI=1S/C14H19NO3/c1-18-8-4-7-15-14(13(16)17)9-11-5-2-3-6-12(11)10-14/h2-3,5-6,15H,4,7-10H2,1H3,(H,16,17). The normalized spacial score (nSPS) is 16.5. The van der Waals surface area contributed by atoms with E-state index in [1.807, 2.05) is 24.3 Å². The monoisotopic (exact) mass is 249 g/mol. The summed E-state index contributed by atoms with van der Waals surface area (Å²) in [5, 5.41) is 12.7. The first-order chi connectivity index (χ1) is 8.68. The molecule has 0 heterocycles. The fourth-order valence-corrected chi connectivity index (χ4v) is 2.51. The third-order valence-electron chi connectivity index (χ3n) is 3.50. The lowest BCUT2D eigenvalue weighted by molar-refractivity contribution is -0.144. The minimum absolute atomic E-state index is 0.561. The zero-order chi connectivity index (χ0) is 13.0. The summed E-state index contributed by atoms with van der Waals surface area (Å²) in [6.07, 6.45) is 1.94. The number of rotatable bonds is 6. The van der Waals surface area contributed by atoms with Crippen LogP contribution in [0.5, 0.6) is 0 Å². The average molecular weight is 249 g/mol. The minimum atomic E-state index is -0.836. The van der Waals surface area contributed by atoms with Gasteiger partial charge in [0.2, 0.25) is 0 Å². The molecule has 0 unspecified atom stereocenters. The van der Waals surface area contributed by atoms with E-state index in [2.05, 4.69) is 5.32 Å². The van der Waals surface area contributed by atoms with Crippen molar-refractivity contribution in [2.45, 2.75) is 24.8 Å². The molecule has 0 aromatic heterocycles. The Bertz CT molecular complexity index is 406. The number of aliphatic carboxylic acids is 1. The Labute approximate surface area is 107 Å². The highest BCUT2D eigenvalue weighted by molar-refractivity contribution is 5.81. The zero-order valence-corrected chi connectivity index (χ0v) is 10.6. The molecule has 4 nitrogen and oxygen atoms in total. The Kier molecular flexibility index (Phi) is 3.99. The second-order valence-electron chi connectivity index (χ2n) is 4.78. The van der Waals surface area contributed by atoms with E-state index in [1.165, 1.54) is 0 Å². The van der Waals surface area contributed by atoms with Gasteiger partial charge in [-0.15, -0.1) is 0 Å². The van der Waals surface area contributed by atoms with Crippen LogP contribution in [0.3, 0.4) is 0 Å². The molecule has 1 aliphatic carbocycles. The number of carboxylic acids is 1. The molecular formula is C14H19NO3. The van der Waals surface area contributed by atoms with E-state index in [1.54, 1.807) is 7.11 Å². The number of ether oxygens (including phenoxy) is 1. The quantitative estimate of drug-likeness (QED) is 0.745. The molecule has 0 atom stereocenters. The molecule has 0 saturated carbocycles. The van der Waals surface area contributed by atoms with Gasteiger partial charge in [-0.1, -0.05) is 24.3 Å². The summed E-state index contributed by atoms with van der Waals surface area (Å²) in [5.41, 5.74) is 1.44. The van der Waals surface area contributed by atoms with Gasteiger partial charge in [-0.05, 0) is 24.1 Å². The molecule has 0 bridgehead atoms. The molecule has 1 aromatic carbocycles. The van der Waals surface area contributed by atoms with Crippen LogP contribution in [0, 0.1) is 0 Å². The van der Waals surface area contributed by atoms with Crippen molar-refractivity contribution in [3.8, 4) is 0 Å². The van der Waals surface area contributed by atoms with Crippen LogP contribution in [0.4, 0.5) is 0 Å². The maximum absolute atomic E-state index is 11.6. The van der Waals surface area contributed by atoms with E-state index in [0.29, 0.717) is 26.0 Å². The van der Waals surface area contributed by atoms with Gasteiger partial charge >= 0.3 is 5.97 Å². The largest absolute Gasteiger partial charge is 0.480 e. The third-order valence-corrected chi connectivity index (χ3v) is 3.50. The molecule has 0 aliphatic heterocycles. The predicted octanol–water partition coefficient (Wildman–Crippen LogP) is 1.23. The Balaban J connectivity index is 2.05. The molecule has 4 heteroatoms. The van der Waals surface area contributed by atoms with Gasteiger partial charge in [0.15, 0.2) is 0 Å². The van der Waals surface area contributed by atoms with E-state index < -0.39 is 11.5 Å². The number of nitrogens with one attached hydrogen (secondary N) is 1. The van der Waals surface area contributed by atoms with Gasteiger partial charge in [-0.3, -0.25) is 4.79 Å². The van der Waals surface area contributed by atoms with Crippen molar-refractivity contribution in [1.82, 2.24) is 5.32 Å². The highest BCUT2D eigenvalue weighted by atomic mass is 16.5. The second-order valence-corrected chi connectivity index (χ2v) is 4.78. The molecule has 98 valence electrons. The van der Waals surface area contributed by atoms with E-state index in [0.717, 1.165) is 17.5 Å². The topological polar surface area (TPSA) is 58.6 Å². The first-order valence-electron chi connectivity index (χ1n) is 6.22. The molecule has 2 N–H and O–H groups in total. The van der Waals surface area contributed by atoms with Crippen LogP contribution in [-0.2, 0) is 22.4 Å². The molecule has 0 saturated heterocycles. The molecule has 0 fully saturated rings. The van der Waals surface area contributed by atoms with E-state index >= 15 is 0 Å². The highest BCUT2D eigenvalue weighted by Crippen LogP contribution is 2.30. The lowest BCUT2D eigenvalue weighted by Gasteiger charge is -2.25. The van der Waals surface area contributed by atoms with Crippen LogP contribution < -0.4 is 5.32 Å². The number of fused-ring (bicyclic) bond motifs is 1. The summed E-state index contributed by atoms with van der Waals surface area (Å²) >= 11 is 0. The van der Waals surface area contributed by atoms with Crippen LogP contribution in [0.15, 0.2) is 24.3 Å². The Hall–Kier alpha value is -1.39. The van der Waals surface area contributed by atoms with Gasteiger partial charge in [0, 0.05) is 26.6 Å². The van der Waals surface area contributed by atoms with Gasteiger partial charge in [-0.2, -0.15) is 0 Å². The van der Waals surface area contributed by atoms with Gasteiger partial charge in [0.25, 0.3) is 0 Å². The summed E-state index contributed by atoms with van der Waals surface area (Å²) in [7, 11) is 1.65. The number of carboxylic acid groups (broad SMARTS) is 1. The van der Waals surface area contributed by atoms with Gasteiger partial charge in [0.1, 0.15) is 5.54 Å². The molecular weight excluding hydrogens is 230 g/mol.